The van der Waals surface area contributed by atoms with E-state index in [2.05, 4.69) is 9.97 Å². The molecule has 2 aromatic carbocycles. The lowest BCUT2D eigenvalue weighted by molar-refractivity contribution is -0.384. The number of nitrogens with one attached hydrogen (secondary N) is 1. The average molecular weight is 363 g/mol. The third-order valence-electron chi connectivity index (χ3n) is 3.80. The first-order valence-electron chi connectivity index (χ1n) is 7.18. The first-order chi connectivity index (χ1) is 11.9. The number of nitro groups is 1. The second kappa shape index (κ2) is 6.48. The van der Waals surface area contributed by atoms with Gasteiger partial charge in [-0.2, -0.15) is 0 Å². The van der Waals surface area contributed by atoms with E-state index in [1.807, 2.05) is 0 Å². The number of halogens is 2. The summed E-state index contributed by atoms with van der Waals surface area (Å²) in [6.45, 7) is 0.0149. The number of anilines is 1. The van der Waals surface area contributed by atoms with Crippen LogP contribution in [0, 0.1) is 15.9 Å². The number of benzene rings is 2. The number of nitro benzene ring substituents is 1. The van der Waals surface area contributed by atoms with Crippen LogP contribution < -0.4 is 10.5 Å². The summed E-state index contributed by atoms with van der Waals surface area (Å²) < 4.78 is 14.0. The molecule has 128 valence electrons. The van der Waals surface area contributed by atoms with E-state index in [0.29, 0.717) is 5.52 Å². The van der Waals surface area contributed by atoms with E-state index in [1.54, 1.807) is 13.1 Å². The van der Waals surface area contributed by atoms with Crippen LogP contribution in [0.1, 0.15) is 5.56 Å². The zero-order chi connectivity index (χ0) is 18.1. The minimum atomic E-state index is -0.597. The lowest BCUT2D eigenvalue weighted by Crippen LogP contribution is -2.19. The first-order valence-corrected chi connectivity index (χ1v) is 7.56. The number of hydrogen-bond donors (Lipinski definition) is 1. The van der Waals surface area contributed by atoms with Gasteiger partial charge in [-0.25, -0.2) is 9.37 Å². The van der Waals surface area contributed by atoms with Gasteiger partial charge in [-0.15, -0.1) is 0 Å². The molecule has 25 heavy (non-hydrogen) atoms. The number of aromatic amines is 1. The summed E-state index contributed by atoms with van der Waals surface area (Å²) in [5.74, 6) is -0.502. The Morgan fingerprint density at radius 1 is 1.40 bits per heavy atom. The Morgan fingerprint density at radius 2 is 2.16 bits per heavy atom. The molecule has 7 nitrogen and oxygen atoms in total. The number of nitrogens with zero attached hydrogens (tertiary/aromatic N) is 3. The molecular formula is C16H12ClFN4O3. The van der Waals surface area contributed by atoms with Crippen LogP contribution in [0.5, 0.6) is 0 Å². The largest absolute Gasteiger partial charge is 0.364 e. The normalized spacial score (nSPS) is 10.8. The lowest BCUT2D eigenvalue weighted by Gasteiger charge is -2.20. The Hall–Kier alpha value is -3.00. The third-order valence-corrected chi connectivity index (χ3v) is 4.16. The van der Waals surface area contributed by atoms with Crippen LogP contribution in [0.2, 0.25) is 5.02 Å². The van der Waals surface area contributed by atoms with Gasteiger partial charge < -0.3 is 9.88 Å². The molecule has 0 amide bonds. The van der Waals surface area contributed by atoms with Crippen LogP contribution in [0.3, 0.4) is 0 Å². The molecule has 1 aromatic heterocycles. The van der Waals surface area contributed by atoms with Gasteiger partial charge in [0.25, 0.3) is 11.2 Å². The van der Waals surface area contributed by atoms with Crippen LogP contribution in [-0.4, -0.2) is 21.9 Å². The Labute approximate surface area is 145 Å². The summed E-state index contributed by atoms with van der Waals surface area (Å²) in [6, 6.07) is 6.89. The highest BCUT2D eigenvalue weighted by Crippen LogP contribution is 2.32. The molecule has 1 N–H and O–H groups in total. The van der Waals surface area contributed by atoms with E-state index in [-0.39, 0.29) is 33.9 Å². The van der Waals surface area contributed by atoms with Crippen LogP contribution in [-0.2, 0) is 6.54 Å². The Morgan fingerprint density at radius 3 is 2.84 bits per heavy atom. The van der Waals surface area contributed by atoms with Gasteiger partial charge in [0.05, 0.1) is 22.2 Å². The minimum absolute atomic E-state index is 0.0149. The van der Waals surface area contributed by atoms with Crippen molar-refractivity contribution in [2.24, 2.45) is 0 Å². The van der Waals surface area contributed by atoms with E-state index in [4.69, 9.17) is 11.6 Å². The Kier molecular flexibility index (Phi) is 4.37. The van der Waals surface area contributed by atoms with Gasteiger partial charge in [0.2, 0.25) is 0 Å². The molecular weight excluding hydrogens is 351 g/mol. The van der Waals surface area contributed by atoms with E-state index < -0.39 is 16.3 Å². The molecule has 0 radical (unpaired) electrons. The summed E-state index contributed by atoms with van der Waals surface area (Å²) in [4.78, 5) is 30.5. The highest BCUT2D eigenvalue weighted by molar-refractivity contribution is 6.31. The smallest absolute Gasteiger partial charge is 0.293 e. The molecule has 3 rings (SSSR count). The molecule has 0 aliphatic carbocycles. The molecule has 1 heterocycles. The van der Waals surface area contributed by atoms with Crippen molar-refractivity contribution in [1.29, 1.82) is 0 Å². The van der Waals surface area contributed by atoms with Crippen molar-refractivity contribution in [2.45, 2.75) is 6.54 Å². The average Bonchev–Trinajstić information content (AvgIpc) is 2.57. The quantitative estimate of drug-likeness (QED) is 0.568. The van der Waals surface area contributed by atoms with Crippen molar-refractivity contribution in [2.75, 3.05) is 11.9 Å². The maximum Gasteiger partial charge on any atom is 0.293 e. The SMILES string of the molecule is CN(Cc1c(F)cccc1Cl)c1cc2nc[nH]c(=O)c2cc1[N+](=O)[O-]. The topological polar surface area (TPSA) is 92.1 Å². The zero-order valence-corrected chi connectivity index (χ0v) is 13.7. The van der Waals surface area contributed by atoms with Crippen molar-refractivity contribution < 1.29 is 9.31 Å². The maximum atomic E-state index is 14.0. The van der Waals surface area contributed by atoms with Crippen LogP contribution in [0.15, 0.2) is 41.5 Å². The highest BCUT2D eigenvalue weighted by atomic mass is 35.5. The fourth-order valence-electron chi connectivity index (χ4n) is 2.55. The molecule has 0 saturated carbocycles. The monoisotopic (exact) mass is 362 g/mol. The first kappa shape index (κ1) is 16.8. The summed E-state index contributed by atoms with van der Waals surface area (Å²) >= 11 is 6.02. The number of aromatic nitrogens is 2. The predicted octanol–water partition coefficient (Wildman–Crippen LogP) is 3.26. The summed E-state index contributed by atoms with van der Waals surface area (Å²) in [5, 5.41) is 11.7. The van der Waals surface area contributed by atoms with Gasteiger partial charge in [0, 0.05) is 30.2 Å². The van der Waals surface area contributed by atoms with E-state index in [0.717, 1.165) is 6.07 Å². The molecule has 9 heteroatoms. The van der Waals surface area contributed by atoms with E-state index in [1.165, 1.54) is 29.4 Å². The molecule has 0 spiro atoms. The van der Waals surface area contributed by atoms with Crippen molar-refractivity contribution in [3.63, 3.8) is 0 Å². The molecule has 0 aliphatic heterocycles. The van der Waals surface area contributed by atoms with Crippen molar-refractivity contribution in [3.8, 4) is 0 Å². The van der Waals surface area contributed by atoms with Crippen LogP contribution in [0.4, 0.5) is 15.8 Å². The molecule has 0 aliphatic rings. The molecule has 0 bridgehead atoms. The van der Waals surface area contributed by atoms with Crippen molar-refractivity contribution >= 4 is 33.9 Å². The number of fused-ring (bicyclic) bond motifs is 1. The van der Waals surface area contributed by atoms with Gasteiger partial charge in [0.15, 0.2) is 0 Å². The summed E-state index contributed by atoms with van der Waals surface area (Å²) in [5.41, 5.74) is -0.0221. The minimum Gasteiger partial charge on any atom is -0.364 e. The maximum absolute atomic E-state index is 14.0. The number of hydrogen-bond acceptors (Lipinski definition) is 5. The lowest BCUT2D eigenvalue weighted by atomic mass is 10.1. The van der Waals surface area contributed by atoms with Crippen molar-refractivity contribution in [3.05, 3.63) is 73.5 Å². The molecule has 0 fully saturated rings. The summed E-state index contributed by atoms with van der Waals surface area (Å²) in [7, 11) is 1.57. The number of H-pyrrole nitrogens is 1. The van der Waals surface area contributed by atoms with E-state index in [9.17, 15) is 19.3 Å². The Bertz CT molecular complexity index is 1020. The Balaban J connectivity index is 2.12. The van der Waals surface area contributed by atoms with Gasteiger partial charge in [0.1, 0.15) is 11.5 Å². The van der Waals surface area contributed by atoms with E-state index >= 15 is 0 Å². The second-order valence-corrected chi connectivity index (χ2v) is 5.81. The van der Waals surface area contributed by atoms with Crippen LogP contribution >= 0.6 is 11.6 Å². The molecule has 0 unspecified atom stereocenters. The molecule has 0 atom stereocenters. The highest BCUT2D eigenvalue weighted by Gasteiger charge is 2.21. The number of rotatable bonds is 4. The molecule has 0 saturated heterocycles. The van der Waals surface area contributed by atoms with Crippen LogP contribution in [0.25, 0.3) is 10.9 Å². The molecule has 3 aromatic rings. The second-order valence-electron chi connectivity index (χ2n) is 5.40. The standard InChI is InChI=1S/C16H12ClFN4O3/c1-21(7-10-11(17)3-2-4-12(10)18)14-6-13-9(5-15(14)22(24)25)16(23)20-8-19-13/h2-6,8H,7H2,1H3,(H,19,20,23). The third kappa shape index (κ3) is 3.16. The van der Waals surface area contributed by atoms with Gasteiger partial charge in [-0.1, -0.05) is 17.7 Å². The van der Waals surface area contributed by atoms with Gasteiger partial charge in [-0.05, 0) is 18.2 Å². The van der Waals surface area contributed by atoms with Gasteiger partial charge >= 0.3 is 0 Å². The fraction of sp³-hybridized carbons (Fsp3) is 0.125. The summed E-state index contributed by atoms with van der Waals surface area (Å²) in [6.07, 6.45) is 1.22. The van der Waals surface area contributed by atoms with Gasteiger partial charge in [-0.3, -0.25) is 14.9 Å². The fourth-order valence-corrected chi connectivity index (χ4v) is 2.77. The predicted molar refractivity (Wildman–Crippen MR) is 92.5 cm³/mol. The zero-order valence-electron chi connectivity index (χ0n) is 13.0. The van der Waals surface area contributed by atoms with Crippen molar-refractivity contribution in [1.82, 2.24) is 9.97 Å².